The first-order valence-electron chi connectivity index (χ1n) is 6.08. The molecule has 1 heterocycles. The third kappa shape index (κ3) is 3.92. The van der Waals surface area contributed by atoms with Gasteiger partial charge in [0.25, 0.3) is 0 Å². The number of benzene rings is 1. The molecule has 0 saturated carbocycles. The fourth-order valence-electron chi connectivity index (χ4n) is 1.89. The van der Waals surface area contributed by atoms with E-state index in [9.17, 15) is 4.79 Å². The molecule has 1 unspecified atom stereocenters. The Morgan fingerprint density at radius 1 is 1.56 bits per heavy atom. The van der Waals surface area contributed by atoms with E-state index in [0.717, 1.165) is 30.0 Å². The van der Waals surface area contributed by atoms with Crippen molar-refractivity contribution in [2.45, 2.75) is 23.8 Å². The number of carbonyl (C=O) groups excluding carboxylic acids is 1. The molecule has 0 aromatic heterocycles. The molecule has 1 aliphatic heterocycles. The normalized spacial score (nSPS) is 18.6. The maximum Gasteiger partial charge on any atom is 0.319 e. The number of amides is 2. The molecule has 2 amide bonds. The Labute approximate surface area is 111 Å². The molecule has 2 rings (SSSR count). The first-order valence-corrected chi connectivity index (χ1v) is 7.31. The van der Waals surface area contributed by atoms with E-state index in [1.165, 1.54) is 0 Å². The van der Waals surface area contributed by atoms with Crippen LogP contribution in [0.5, 0.6) is 0 Å². The lowest BCUT2D eigenvalue weighted by molar-refractivity contribution is 0.112. The lowest BCUT2D eigenvalue weighted by Crippen LogP contribution is -2.35. The molecule has 1 saturated heterocycles. The van der Waals surface area contributed by atoms with Gasteiger partial charge in [0.15, 0.2) is 0 Å². The summed E-state index contributed by atoms with van der Waals surface area (Å²) < 4.78 is 5.44. The van der Waals surface area contributed by atoms with Crippen molar-refractivity contribution >= 4 is 23.5 Å². The molecule has 98 valence electrons. The third-order valence-corrected chi connectivity index (χ3v) is 3.57. The van der Waals surface area contributed by atoms with Crippen LogP contribution in [0.25, 0.3) is 0 Å². The van der Waals surface area contributed by atoms with Gasteiger partial charge in [0.05, 0.1) is 6.10 Å². The molecular formula is C13H18N2O2S. The zero-order valence-electron chi connectivity index (χ0n) is 10.4. The molecule has 18 heavy (non-hydrogen) atoms. The average Bonchev–Trinajstić information content (AvgIpc) is 2.90. The van der Waals surface area contributed by atoms with Gasteiger partial charge in [-0.1, -0.05) is 6.07 Å². The average molecular weight is 266 g/mol. The lowest BCUT2D eigenvalue weighted by atomic mass is 10.2. The monoisotopic (exact) mass is 266 g/mol. The largest absolute Gasteiger partial charge is 0.376 e. The minimum atomic E-state index is -0.177. The summed E-state index contributed by atoms with van der Waals surface area (Å²) in [6, 6.07) is 7.60. The molecule has 1 aliphatic rings. The fraction of sp³-hybridized carbons (Fsp3) is 0.462. The number of urea groups is 1. The van der Waals surface area contributed by atoms with Gasteiger partial charge >= 0.3 is 6.03 Å². The van der Waals surface area contributed by atoms with Crippen LogP contribution in [-0.4, -0.2) is 31.5 Å². The Hall–Kier alpha value is -1.20. The van der Waals surface area contributed by atoms with E-state index in [-0.39, 0.29) is 12.1 Å². The van der Waals surface area contributed by atoms with E-state index in [0.29, 0.717) is 6.54 Å². The molecule has 0 spiro atoms. The van der Waals surface area contributed by atoms with Gasteiger partial charge in [0.2, 0.25) is 0 Å². The fourth-order valence-corrected chi connectivity index (χ4v) is 2.35. The van der Waals surface area contributed by atoms with E-state index in [1.807, 2.05) is 30.5 Å². The van der Waals surface area contributed by atoms with E-state index >= 15 is 0 Å². The number of hydrogen-bond acceptors (Lipinski definition) is 3. The first-order chi connectivity index (χ1) is 8.78. The zero-order valence-corrected chi connectivity index (χ0v) is 11.3. The summed E-state index contributed by atoms with van der Waals surface area (Å²) >= 11 is 1.65. The number of rotatable bonds is 4. The van der Waals surface area contributed by atoms with E-state index < -0.39 is 0 Å². The van der Waals surface area contributed by atoms with Crippen LogP contribution >= 0.6 is 11.8 Å². The van der Waals surface area contributed by atoms with Crippen LogP contribution < -0.4 is 10.6 Å². The van der Waals surface area contributed by atoms with Gasteiger partial charge in [-0.25, -0.2) is 4.79 Å². The van der Waals surface area contributed by atoms with Gasteiger partial charge in [0, 0.05) is 23.7 Å². The van der Waals surface area contributed by atoms with Crippen molar-refractivity contribution in [3.8, 4) is 0 Å². The van der Waals surface area contributed by atoms with Crippen LogP contribution in [0.15, 0.2) is 29.2 Å². The Morgan fingerprint density at radius 2 is 2.44 bits per heavy atom. The second-order valence-corrected chi connectivity index (χ2v) is 5.08. The summed E-state index contributed by atoms with van der Waals surface area (Å²) in [5.41, 5.74) is 0.812. The Balaban J connectivity index is 1.78. The third-order valence-electron chi connectivity index (χ3n) is 2.84. The number of nitrogens with one attached hydrogen (secondary N) is 2. The van der Waals surface area contributed by atoms with Crippen molar-refractivity contribution in [3.05, 3.63) is 24.3 Å². The quantitative estimate of drug-likeness (QED) is 0.824. The molecule has 1 aromatic rings. The summed E-state index contributed by atoms with van der Waals surface area (Å²) in [6.45, 7) is 1.39. The van der Waals surface area contributed by atoms with Crippen LogP contribution in [0.4, 0.5) is 10.5 Å². The van der Waals surface area contributed by atoms with Crippen molar-refractivity contribution < 1.29 is 9.53 Å². The Morgan fingerprint density at radius 3 is 3.17 bits per heavy atom. The summed E-state index contributed by atoms with van der Waals surface area (Å²) in [4.78, 5) is 12.8. The Bertz CT molecular complexity index is 406. The topological polar surface area (TPSA) is 50.4 Å². The number of thioether (sulfide) groups is 1. The molecule has 1 atom stereocenters. The van der Waals surface area contributed by atoms with Crippen LogP contribution in [-0.2, 0) is 4.74 Å². The predicted molar refractivity (Wildman–Crippen MR) is 74.2 cm³/mol. The summed E-state index contributed by atoms with van der Waals surface area (Å²) in [5.74, 6) is 0. The molecule has 0 aliphatic carbocycles. The second-order valence-electron chi connectivity index (χ2n) is 4.20. The molecule has 5 heteroatoms. The molecular weight excluding hydrogens is 248 g/mol. The molecule has 2 N–H and O–H groups in total. The highest BCUT2D eigenvalue weighted by Gasteiger charge is 2.15. The van der Waals surface area contributed by atoms with Crippen molar-refractivity contribution in [1.29, 1.82) is 0 Å². The number of carbonyl (C=O) groups is 1. The second kappa shape index (κ2) is 6.66. The molecule has 0 bridgehead atoms. The molecule has 4 nitrogen and oxygen atoms in total. The highest BCUT2D eigenvalue weighted by molar-refractivity contribution is 7.98. The van der Waals surface area contributed by atoms with Crippen LogP contribution in [0.2, 0.25) is 0 Å². The van der Waals surface area contributed by atoms with Crippen molar-refractivity contribution in [1.82, 2.24) is 5.32 Å². The van der Waals surface area contributed by atoms with E-state index in [1.54, 1.807) is 11.8 Å². The predicted octanol–water partition coefficient (Wildman–Crippen LogP) is 2.71. The first kappa shape index (κ1) is 13.2. The zero-order chi connectivity index (χ0) is 12.8. The van der Waals surface area contributed by atoms with Crippen molar-refractivity contribution in [2.24, 2.45) is 0 Å². The van der Waals surface area contributed by atoms with Crippen LogP contribution in [0.3, 0.4) is 0 Å². The van der Waals surface area contributed by atoms with Gasteiger partial charge in [-0.15, -0.1) is 11.8 Å². The smallest absolute Gasteiger partial charge is 0.319 e. The minimum Gasteiger partial charge on any atom is -0.376 e. The minimum absolute atomic E-state index is 0.174. The van der Waals surface area contributed by atoms with Gasteiger partial charge in [-0.2, -0.15) is 0 Å². The molecule has 1 aromatic carbocycles. The lowest BCUT2D eigenvalue weighted by Gasteiger charge is -2.12. The van der Waals surface area contributed by atoms with Crippen molar-refractivity contribution in [3.63, 3.8) is 0 Å². The van der Waals surface area contributed by atoms with E-state index in [2.05, 4.69) is 10.6 Å². The summed E-state index contributed by atoms with van der Waals surface area (Å²) in [7, 11) is 0. The number of anilines is 1. The van der Waals surface area contributed by atoms with E-state index in [4.69, 9.17) is 4.74 Å². The van der Waals surface area contributed by atoms with Crippen LogP contribution in [0, 0.1) is 0 Å². The summed E-state index contributed by atoms with van der Waals surface area (Å²) in [6.07, 6.45) is 4.30. The standard InChI is InChI=1S/C13H18N2O2S/c1-18-12-6-2-4-10(8-12)15-13(16)14-9-11-5-3-7-17-11/h2,4,6,8,11H,3,5,7,9H2,1H3,(H2,14,15,16). The Kier molecular flexibility index (Phi) is 4.90. The SMILES string of the molecule is CSc1cccc(NC(=O)NCC2CCCO2)c1. The number of ether oxygens (including phenoxy) is 1. The maximum atomic E-state index is 11.7. The summed E-state index contributed by atoms with van der Waals surface area (Å²) in [5, 5.41) is 5.65. The van der Waals surface area contributed by atoms with Crippen LogP contribution in [0.1, 0.15) is 12.8 Å². The highest BCUT2D eigenvalue weighted by atomic mass is 32.2. The maximum absolute atomic E-state index is 11.7. The highest BCUT2D eigenvalue weighted by Crippen LogP contribution is 2.18. The molecule has 1 fully saturated rings. The van der Waals surface area contributed by atoms with Gasteiger partial charge in [-0.3, -0.25) is 0 Å². The van der Waals surface area contributed by atoms with Gasteiger partial charge < -0.3 is 15.4 Å². The van der Waals surface area contributed by atoms with Crippen molar-refractivity contribution in [2.75, 3.05) is 24.7 Å². The molecule has 0 radical (unpaired) electrons. The van der Waals surface area contributed by atoms with Gasteiger partial charge in [-0.05, 0) is 37.3 Å². The number of hydrogen-bond donors (Lipinski definition) is 2. The van der Waals surface area contributed by atoms with Gasteiger partial charge in [0.1, 0.15) is 0 Å².